The molecule has 0 spiro atoms. The third-order valence-electron chi connectivity index (χ3n) is 3.29. The summed E-state index contributed by atoms with van der Waals surface area (Å²) in [5.41, 5.74) is 2.51. The Morgan fingerprint density at radius 1 is 1.37 bits per heavy atom. The number of nitrogens with one attached hydrogen (secondary N) is 1. The molecule has 1 unspecified atom stereocenters. The fourth-order valence-corrected chi connectivity index (χ4v) is 2.26. The highest BCUT2D eigenvalue weighted by Gasteiger charge is 2.01. The summed E-state index contributed by atoms with van der Waals surface area (Å²) >= 11 is 0. The first-order valence-electron chi connectivity index (χ1n) is 7.06. The quantitative estimate of drug-likeness (QED) is 0.818. The van der Waals surface area contributed by atoms with E-state index in [1.807, 2.05) is 18.7 Å². The Balaban J connectivity index is 1.91. The number of hydrogen-bond acceptors (Lipinski definition) is 2. The molecule has 0 saturated heterocycles. The van der Waals surface area contributed by atoms with Gasteiger partial charge in [0.2, 0.25) is 0 Å². The van der Waals surface area contributed by atoms with Crippen molar-refractivity contribution in [2.75, 3.05) is 11.9 Å². The highest BCUT2D eigenvalue weighted by molar-refractivity contribution is 5.45. The van der Waals surface area contributed by atoms with Gasteiger partial charge in [-0.3, -0.25) is 0 Å². The third kappa shape index (κ3) is 4.43. The summed E-state index contributed by atoms with van der Waals surface area (Å²) in [5.74, 6) is 0.724. The minimum Gasteiger partial charge on any atom is -0.385 e. The fourth-order valence-electron chi connectivity index (χ4n) is 2.26. The standard InChI is InChI=1S/C16H23N3/c1-3-5-14(2)11-18-16-7-4-6-15(10-16)12-19-9-8-17-13-19/h4,6-10,13-14,18H,3,5,11-12H2,1-2H3. The van der Waals surface area contributed by atoms with Crippen LogP contribution in [0.3, 0.4) is 0 Å². The summed E-state index contributed by atoms with van der Waals surface area (Å²) < 4.78 is 2.08. The second kappa shape index (κ2) is 6.98. The Labute approximate surface area is 115 Å². The molecule has 0 aliphatic heterocycles. The highest BCUT2D eigenvalue weighted by Crippen LogP contribution is 2.13. The molecule has 1 atom stereocenters. The molecule has 1 aromatic heterocycles. The van der Waals surface area contributed by atoms with Crippen molar-refractivity contribution in [1.82, 2.24) is 9.55 Å². The molecule has 0 fully saturated rings. The van der Waals surface area contributed by atoms with Gasteiger partial charge in [-0.05, 0) is 30.0 Å². The van der Waals surface area contributed by atoms with Crippen LogP contribution < -0.4 is 5.32 Å². The lowest BCUT2D eigenvalue weighted by Crippen LogP contribution is -2.11. The average molecular weight is 257 g/mol. The summed E-state index contributed by atoms with van der Waals surface area (Å²) in [5, 5.41) is 3.52. The summed E-state index contributed by atoms with van der Waals surface area (Å²) in [6.45, 7) is 6.45. The molecule has 2 aromatic rings. The van der Waals surface area contributed by atoms with E-state index in [1.54, 1.807) is 0 Å². The predicted molar refractivity (Wildman–Crippen MR) is 80.3 cm³/mol. The number of imidazole rings is 1. The molecule has 0 radical (unpaired) electrons. The lowest BCUT2D eigenvalue weighted by molar-refractivity contribution is 0.551. The Kier molecular flexibility index (Phi) is 5.01. The van der Waals surface area contributed by atoms with Gasteiger partial charge in [0.25, 0.3) is 0 Å². The molecule has 0 saturated carbocycles. The maximum atomic E-state index is 4.07. The van der Waals surface area contributed by atoms with Crippen molar-refractivity contribution < 1.29 is 0 Å². The zero-order chi connectivity index (χ0) is 13.5. The Bertz CT molecular complexity index is 476. The van der Waals surface area contributed by atoms with Gasteiger partial charge >= 0.3 is 0 Å². The molecule has 1 aromatic carbocycles. The zero-order valence-corrected chi connectivity index (χ0v) is 11.8. The van der Waals surface area contributed by atoms with Crippen molar-refractivity contribution >= 4 is 5.69 Å². The summed E-state index contributed by atoms with van der Waals surface area (Å²) in [7, 11) is 0. The molecular formula is C16H23N3. The van der Waals surface area contributed by atoms with E-state index in [4.69, 9.17) is 0 Å². The molecule has 102 valence electrons. The van der Waals surface area contributed by atoms with E-state index < -0.39 is 0 Å². The number of nitrogens with zero attached hydrogens (tertiary/aromatic N) is 2. The van der Waals surface area contributed by atoms with Gasteiger partial charge in [0.05, 0.1) is 6.33 Å². The minimum absolute atomic E-state index is 0.724. The minimum atomic E-state index is 0.724. The van der Waals surface area contributed by atoms with Crippen LogP contribution in [-0.2, 0) is 6.54 Å². The van der Waals surface area contributed by atoms with Crippen LogP contribution in [0.2, 0.25) is 0 Å². The molecule has 1 heterocycles. The lowest BCUT2D eigenvalue weighted by atomic mass is 10.1. The topological polar surface area (TPSA) is 29.9 Å². The summed E-state index contributed by atoms with van der Waals surface area (Å²) in [6, 6.07) is 8.62. The van der Waals surface area contributed by atoms with E-state index in [2.05, 4.69) is 53.0 Å². The first kappa shape index (κ1) is 13.7. The van der Waals surface area contributed by atoms with Gasteiger partial charge in [0.1, 0.15) is 0 Å². The van der Waals surface area contributed by atoms with Crippen molar-refractivity contribution in [1.29, 1.82) is 0 Å². The molecule has 2 rings (SSSR count). The highest BCUT2D eigenvalue weighted by atomic mass is 15.0. The van der Waals surface area contributed by atoms with Crippen LogP contribution in [0, 0.1) is 5.92 Å². The second-order valence-electron chi connectivity index (χ2n) is 5.21. The van der Waals surface area contributed by atoms with Gasteiger partial charge < -0.3 is 9.88 Å². The smallest absolute Gasteiger partial charge is 0.0949 e. The van der Waals surface area contributed by atoms with Crippen LogP contribution in [0.15, 0.2) is 43.0 Å². The van der Waals surface area contributed by atoms with Crippen LogP contribution in [-0.4, -0.2) is 16.1 Å². The van der Waals surface area contributed by atoms with Crippen LogP contribution in [0.4, 0.5) is 5.69 Å². The molecule has 19 heavy (non-hydrogen) atoms. The van der Waals surface area contributed by atoms with Crippen molar-refractivity contribution in [2.24, 2.45) is 5.92 Å². The van der Waals surface area contributed by atoms with E-state index >= 15 is 0 Å². The van der Waals surface area contributed by atoms with Gasteiger partial charge in [-0.15, -0.1) is 0 Å². The SMILES string of the molecule is CCCC(C)CNc1cccc(Cn2ccnc2)c1. The Hall–Kier alpha value is -1.77. The largest absolute Gasteiger partial charge is 0.385 e. The molecule has 0 amide bonds. The van der Waals surface area contributed by atoms with Gasteiger partial charge in [0, 0.05) is 31.2 Å². The lowest BCUT2D eigenvalue weighted by Gasteiger charge is -2.13. The first-order chi connectivity index (χ1) is 9.28. The van der Waals surface area contributed by atoms with Crippen LogP contribution in [0.25, 0.3) is 0 Å². The molecule has 0 bridgehead atoms. The number of rotatable bonds is 7. The predicted octanol–water partition coefficient (Wildman–Crippen LogP) is 3.78. The van der Waals surface area contributed by atoms with Gasteiger partial charge in [-0.1, -0.05) is 32.4 Å². The van der Waals surface area contributed by atoms with Crippen molar-refractivity contribution in [3.8, 4) is 0 Å². The maximum absolute atomic E-state index is 4.07. The van der Waals surface area contributed by atoms with E-state index in [1.165, 1.54) is 24.1 Å². The van der Waals surface area contributed by atoms with Crippen LogP contribution in [0.5, 0.6) is 0 Å². The number of aromatic nitrogens is 2. The molecule has 3 nitrogen and oxygen atoms in total. The normalized spacial score (nSPS) is 12.3. The molecule has 1 N–H and O–H groups in total. The summed E-state index contributed by atoms with van der Waals surface area (Å²) in [4.78, 5) is 4.07. The number of hydrogen-bond donors (Lipinski definition) is 1. The van der Waals surface area contributed by atoms with Crippen LogP contribution >= 0.6 is 0 Å². The maximum Gasteiger partial charge on any atom is 0.0949 e. The molecule has 0 aliphatic rings. The number of anilines is 1. The van der Waals surface area contributed by atoms with Crippen molar-refractivity contribution in [2.45, 2.75) is 33.2 Å². The zero-order valence-electron chi connectivity index (χ0n) is 11.8. The fraction of sp³-hybridized carbons (Fsp3) is 0.438. The third-order valence-corrected chi connectivity index (χ3v) is 3.29. The van der Waals surface area contributed by atoms with Gasteiger partial charge in [0.15, 0.2) is 0 Å². The molecule has 3 heteroatoms. The van der Waals surface area contributed by atoms with Gasteiger partial charge in [-0.25, -0.2) is 4.98 Å². The summed E-state index contributed by atoms with van der Waals surface area (Å²) in [6.07, 6.45) is 8.19. The van der Waals surface area contributed by atoms with Gasteiger partial charge in [-0.2, -0.15) is 0 Å². The monoisotopic (exact) mass is 257 g/mol. The first-order valence-corrected chi connectivity index (χ1v) is 7.06. The average Bonchev–Trinajstić information content (AvgIpc) is 2.90. The van der Waals surface area contributed by atoms with E-state index in [9.17, 15) is 0 Å². The van der Waals surface area contributed by atoms with Crippen LogP contribution in [0.1, 0.15) is 32.3 Å². The molecule has 0 aliphatic carbocycles. The Morgan fingerprint density at radius 2 is 2.26 bits per heavy atom. The van der Waals surface area contributed by atoms with E-state index in [0.717, 1.165) is 19.0 Å². The van der Waals surface area contributed by atoms with Crippen molar-refractivity contribution in [3.63, 3.8) is 0 Å². The van der Waals surface area contributed by atoms with E-state index in [0.29, 0.717) is 0 Å². The Morgan fingerprint density at radius 3 is 3.00 bits per heavy atom. The van der Waals surface area contributed by atoms with E-state index in [-0.39, 0.29) is 0 Å². The molecular weight excluding hydrogens is 234 g/mol. The number of benzene rings is 1. The van der Waals surface area contributed by atoms with Crippen molar-refractivity contribution in [3.05, 3.63) is 48.5 Å². The second-order valence-corrected chi connectivity index (χ2v) is 5.21.